The highest BCUT2D eigenvalue weighted by Gasteiger charge is 2.07. The zero-order valence-corrected chi connectivity index (χ0v) is 8.14. The molecule has 0 radical (unpaired) electrons. The summed E-state index contributed by atoms with van der Waals surface area (Å²) in [7, 11) is 1.17. The van der Waals surface area contributed by atoms with Crippen LogP contribution in [0.1, 0.15) is 10.4 Å². The smallest absolute Gasteiger partial charge is 0.438 e. The first-order valence-corrected chi connectivity index (χ1v) is 4.17. The summed E-state index contributed by atoms with van der Waals surface area (Å²) >= 11 is 0. The van der Waals surface area contributed by atoms with Gasteiger partial charge in [0.2, 0.25) is 6.79 Å². The van der Waals surface area contributed by atoms with Crippen LogP contribution in [0.4, 0.5) is 4.79 Å². The van der Waals surface area contributed by atoms with E-state index in [0.717, 1.165) is 0 Å². The second-order valence-corrected chi connectivity index (χ2v) is 2.51. The van der Waals surface area contributed by atoms with Crippen LogP contribution < -0.4 is 0 Å². The van der Waals surface area contributed by atoms with Crippen LogP contribution in [0.2, 0.25) is 0 Å². The maximum absolute atomic E-state index is 11.3. The fourth-order valence-electron chi connectivity index (χ4n) is 0.848. The number of ether oxygens (including phenoxy) is 3. The minimum atomic E-state index is -0.893. The van der Waals surface area contributed by atoms with Crippen molar-refractivity contribution in [1.29, 1.82) is 0 Å². The summed E-state index contributed by atoms with van der Waals surface area (Å²) in [6.07, 6.45) is -0.893. The van der Waals surface area contributed by atoms with Gasteiger partial charge in [-0.3, -0.25) is 0 Å². The van der Waals surface area contributed by atoms with E-state index in [-0.39, 0.29) is 0 Å². The quantitative estimate of drug-likeness (QED) is 0.560. The molecule has 1 aromatic rings. The van der Waals surface area contributed by atoms with Crippen molar-refractivity contribution in [3.63, 3.8) is 0 Å². The fourth-order valence-corrected chi connectivity index (χ4v) is 0.848. The van der Waals surface area contributed by atoms with Gasteiger partial charge in [-0.15, -0.1) is 0 Å². The minimum absolute atomic E-state index is 0.394. The fraction of sp³-hybridized carbons (Fsp3) is 0.200. The van der Waals surface area contributed by atoms with Crippen LogP contribution >= 0.6 is 0 Å². The number of hydrogen-bond donors (Lipinski definition) is 0. The van der Waals surface area contributed by atoms with Crippen LogP contribution in [-0.4, -0.2) is 26.0 Å². The summed E-state index contributed by atoms with van der Waals surface area (Å²) in [6, 6.07) is 8.39. The second kappa shape index (κ2) is 5.64. The van der Waals surface area contributed by atoms with Gasteiger partial charge in [0.05, 0.1) is 12.7 Å². The topological polar surface area (TPSA) is 61.8 Å². The molecule has 0 fully saturated rings. The molecular formula is C10H10O5. The Morgan fingerprint density at radius 3 is 2.40 bits per heavy atom. The lowest BCUT2D eigenvalue weighted by Crippen LogP contribution is -2.12. The normalized spacial score (nSPS) is 9.13. The van der Waals surface area contributed by atoms with Crippen LogP contribution in [-0.2, 0) is 14.2 Å². The van der Waals surface area contributed by atoms with Gasteiger partial charge < -0.3 is 14.2 Å². The predicted octanol–water partition coefficient (Wildman–Crippen LogP) is 1.58. The van der Waals surface area contributed by atoms with Gasteiger partial charge in [-0.2, -0.15) is 0 Å². The van der Waals surface area contributed by atoms with E-state index in [9.17, 15) is 9.59 Å². The second-order valence-electron chi connectivity index (χ2n) is 2.51. The summed E-state index contributed by atoms with van der Waals surface area (Å²) in [5.41, 5.74) is 0.394. The standard InChI is InChI=1S/C10H10O5/c1-13-10(12)15-7-14-9(11)8-5-3-2-4-6-8/h2-6H,7H2,1H3. The number of esters is 1. The molecular weight excluding hydrogens is 200 g/mol. The molecule has 0 heterocycles. The van der Waals surface area contributed by atoms with Crippen LogP contribution in [0.25, 0.3) is 0 Å². The SMILES string of the molecule is COC(=O)OCOC(=O)c1ccccc1. The number of benzene rings is 1. The highest BCUT2D eigenvalue weighted by atomic mass is 16.8. The van der Waals surface area contributed by atoms with Gasteiger partial charge in [-0.05, 0) is 12.1 Å². The number of methoxy groups -OCH3 is 1. The van der Waals surface area contributed by atoms with Gasteiger partial charge in [0.1, 0.15) is 0 Å². The van der Waals surface area contributed by atoms with E-state index < -0.39 is 18.9 Å². The third-order valence-corrected chi connectivity index (χ3v) is 1.54. The molecule has 0 aliphatic carbocycles. The monoisotopic (exact) mass is 210 g/mol. The first kappa shape index (κ1) is 11.0. The van der Waals surface area contributed by atoms with E-state index in [4.69, 9.17) is 0 Å². The van der Waals surface area contributed by atoms with E-state index in [1.807, 2.05) is 0 Å². The van der Waals surface area contributed by atoms with Crippen molar-refractivity contribution in [2.24, 2.45) is 0 Å². The number of rotatable bonds is 3. The van der Waals surface area contributed by atoms with Gasteiger partial charge >= 0.3 is 12.1 Å². The van der Waals surface area contributed by atoms with Gasteiger partial charge in [-0.1, -0.05) is 18.2 Å². The Labute approximate surface area is 86.6 Å². The van der Waals surface area contributed by atoms with Gasteiger partial charge in [-0.25, -0.2) is 9.59 Å². The summed E-state index contributed by atoms with van der Waals surface area (Å²) in [5.74, 6) is -0.556. The Bertz CT molecular complexity index is 333. The van der Waals surface area contributed by atoms with Crippen LogP contribution in [0.15, 0.2) is 30.3 Å². The van der Waals surface area contributed by atoms with E-state index in [2.05, 4.69) is 14.2 Å². The lowest BCUT2D eigenvalue weighted by Gasteiger charge is -2.04. The summed E-state index contributed by atoms with van der Waals surface area (Å²) < 4.78 is 13.2. The van der Waals surface area contributed by atoms with Crippen molar-refractivity contribution in [3.8, 4) is 0 Å². The molecule has 15 heavy (non-hydrogen) atoms. The molecule has 0 aromatic heterocycles. The molecule has 5 nitrogen and oxygen atoms in total. The largest absolute Gasteiger partial charge is 0.510 e. The Balaban J connectivity index is 2.34. The van der Waals surface area contributed by atoms with Crippen molar-refractivity contribution in [2.75, 3.05) is 13.9 Å². The molecule has 0 bridgehead atoms. The summed E-state index contributed by atoms with van der Waals surface area (Å²) in [4.78, 5) is 21.8. The summed E-state index contributed by atoms with van der Waals surface area (Å²) in [6.45, 7) is -0.458. The molecule has 0 saturated heterocycles. The average Bonchev–Trinajstić information content (AvgIpc) is 2.29. The molecule has 0 amide bonds. The first-order chi connectivity index (χ1) is 7.24. The van der Waals surface area contributed by atoms with Gasteiger partial charge in [0.15, 0.2) is 0 Å². The zero-order chi connectivity index (χ0) is 11.1. The highest BCUT2D eigenvalue weighted by molar-refractivity contribution is 5.89. The minimum Gasteiger partial charge on any atom is -0.438 e. The average molecular weight is 210 g/mol. The van der Waals surface area contributed by atoms with Gasteiger partial charge in [0.25, 0.3) is 0 Å². The lowest BCUT2D eigenvalue weighted by atomic mass is 10.2. The number of carbonyl (C=O) groups is 2. The van der Waals surface area contributed by atoms with E-state index in [1.54, 1.807) is 30.3 Å². The molecule has 80 valence electrons. The lowest BCUT2D eigenvalue weighted by molar-refractivity contribution is -0.0220. The van der Waals surface area contributed by atoms with Crippen molar-refractivity contribution in [2.45, 2.75) is 0 Å². The van der Waals surface area contributed by atoms with Crippen molar-refractivity contribution < 1.29 is 23.8 Å². The Morgan fingerprint density at radius 1 is 1.13 bits per heavy atom. The Kier molecular flexibility index (Phi) is 4.15. The van der Waals surface area contributed by atoms with E-state index >= 15 is 0 Å². The maximum atomic E-state index is 11.3. The molecule has 0 spiro atoms. The van der Waals surface area contributed by atoms with Crippen molar-refractivity contribution in [3.05, 3.63) is 35.9 Å². The zero-order valence-electron chi connectivity index (χ0n) is 8.14. The maximum Gasteiger partial charge on any atom is 0.510 e. The first-order valence-electron chi connectivity index (χ1n) is 4.17. The van der Waals surface area contributed by atoms with Crippen LogP contribution in [0, 0.1) is 0 Å². The Hall–Kier alpha value is -2.04. The Morgan fingerprint density at radius 2 is 1.80 bits per heavy atom. The molecule has 0 atom stereocenters. The van der Waals surface area contributed by atoms with Crippen molar-refractivity contribution >= 4 is 12.1 Å². The predicted molar refractivity (Wildman–Crippen MR) is 50.2 cm³/mol. The number of hydrogen-bond acceptors (Lipinski definition) is 5. The van der Waals surface area contributed by atoms with Crippen LogP contribution in [0.5, 0.6) is 0 Å². The summed E-state index contributed by atoms with van der Waals surface area (Å²) in [5, 5.41) is 0. The molecule has 0 saturated carbocycles. The molecule has 1 aromatic carbocycles. The molecule has 0 N–H and O–H groups in total. The molecule has 1 rings (SSSR count). The third-order valence-electron chi connectivity index (χ3n) is 1.54. The molecule has 5 heteroatoms. The van der Waals surface area contributed by atoms with E-state index in [1.165, 1.54) is 7.11 Å². The third kappa shape index (κ3) is 3.68. The van der Waals surface area contributed by atoms with Crippen LogP contribution in [0.3, 0.4) is 0 Å². The highest BCUT2D eigenvalue weighted by Crippen LogP contribution is 2.00. The molecule has 0 aliphatic heterocycles. The van der Waals surface area contributed by atoms with E-state index in [0.29, 0.717) is 5.56 Å². The van der Waals surface area contributed by atoms with Gasteiger partial charge in [0, 0.05) is 0 Å². The number of carbonyl (C=O) groups excluding carboxylic acids is 2. The van der Waals surface area contributed by atoms with Crippen molar-refractivity contribution in [1.82, 2.24) is 0 Å². The molecule has 0 aliphatic rings. The molecule has 0 unspecified atom stereocenters.